The van der Waals surface area contributed by atoms with Gasteiger partial charge >= 0.3 is 125 Å². The van der Waals surface area contributed by atoms with Gasteiger partial charge in [-0.25, -0.2) is 0 Å². The lowest BCUT2D eigenvalue weighted by Crippen LogP contribution is -2.70. The molecule has 49 heteroatoms. The summed E-state index contributed by atoms with van der Waals surface area (Å²) in [6.45, 7) is -9.38. The van der Waals surface area contributed by atoms with Crippen molar-refractivity contribution in [3.8, 4) is 0 Å². The average Bonchev–Trinajstić information content (AvgIpc) is 3.23. The molecule has 0 amide bonds. The van der Waals surface area contributed by atoms with Gasteiger partial charge in [-0.2, -0.15) is 180 Å². The minimum atomic E-state index is -8.66. The number of alkyl halides is 39. The fraction of sp³-hybridized carbons (Fsp3) is 0.903. The van der Waals surface area contributed by atoms with Gasteiger partial charge in [-0.3, -0.25) is 18.6 Å². The Morgan fingerprint density at radius 3 is 0.762 bits per heavy atom. The van der Waals surface area contributed by atoms with Crippen molar-refractivity contribution >= 4 is 28.0 Å². The van der Waals surface area contributed by atoms with Crippen LogP contribution in [0.1, 0.15) is 25.7 Å². The summed E-state index contributed by atoms with van der Waals surface area (Å²) in [5.41, 5.74) is 0. The van der Waals surface area contributed by atoms with Crippen molar-refractivity contribution in [2.45, 2.75) is 138 Å². The first-order valence-corrected chi connectivity index (χ1v) is 20.1. The van der Waals surface area contributed by atoms with Crippen LogP contribution in [-0.2, 0) is 42.9 Å². The zero-order chi connectivity index (χ0) is 65.2. The third-order valence-electron chi connectivity index (χ3n) is 9.83. The minimum absolute atomic E-state index is 0.378. The average molecular weight is 1310 g/mol. The zero-order valence-corrected chi connectivity index (χ0v) is 37.2. The second-order valence-electron chi connectivity index (χ2n) is 15.2. The monoisotopic (exact) mass is 1310 g/mol. The van der Waals surface area contributed by atoms with Gasteiger partial charge in [-0.15, -0.1) is 0 Å². The molecule has 0 rings (SSSR count). The Bertz CT molecular complexity index is 2300. The molecule has 2 unspecified atom stereocenters. The molecule has 0 saturated carbocycles. The highest BCUT2D eigenvalue weighted by molar-refractivity contribution is 7.88. The molecule has 0 aliphatic rings. The Hall–Kier alpha value is -4.41. The number of halogens is 39. The SMILES string of the molecule is COS(=O)(=O)C(C(=O)OCCC(F)(F)C(F)(F)C(F)(F)C(F)(F)C(F)(F)C(F)(F)F)C(CC(=O)OCCC(F)(F)C(F)(F)C(F)(F)C(F)(F)C(F)(F)C(F)(F)F)C(=O)OCCC(F)(F)C(F)(F)C(F)(F)C(F)(F)C(F)(F)C(F)(F)F. The van der Waals surface area contributed by atoms with Gasteiger partial charge < -0.3 is 14.2 Å². The second kappa shape index (κ2) is 22.0. The van der Waals surface area contributed by atoms with E-state index in [0.717, 1.165) is 0 Å². The Balaban J connectivity index is 7.50. The molecule has 0 aliphatic carbocycles. The van der Waals surface area contributed by atoms with Gasteiger partial charge in [0.25, 0.3) is 10.1 Å². The van der Waals surface area contributed by atoms with Crippen LogP contribution in [0.25, 0.3) is 0 Å². The lowest BCUT2D eigenvalue weighted by atomic mass is 9.92. The highest BCUT2D eigenvalue weighted by Gasteiger charge is 2.93. The molecule has 0 fully saturated rings. The van der Waals surface area contributed by atoms with Crippen LogP contribution in [0.5, 0.6) is 0 Å². The van der Waals surface area contributed by atoms with E-state index in [-0.39, 0.29) is 7.11 Å². The van der Waals surface area contributed by atoms with Gasteiger partial charge in [0.15, 0.2) is 5.25 Å². The summed E-state index contributed by atoms with van der Waals surface area (Å²) in [5.74, 6) is -138. The molecular weight excluding hydrogens is 1290 g/mol. The fourth-order valence-electron chi connectivity index (χ4n) is 5.06. The molecule has 0 aliphatic heterocycles. The molecule has 476 valence electrons. The van der Waals surface area contributed by atoms with Gasteiger partial charge in [0.05, 0.1) is 58.5 Å². The molecular formula is C31H19F39O9S. The van der Waals surface area contributed by atoms with Crippen molar-refractivity contribution in [3.63, 3.8) is 0 Å². The highest BCUT2D eigenvalue weighted by atomic mass is 32.2. The van der Waals surface area contributed by atoms with Gasteiger partial charge in [-0.05, 0) is 0 Å². The van der Waals surface area contributed by atoms with Crippen molar-refractivity contribution in [1.29, 1.82) is 0 Å². The molecule has 0 aromatic rings. The molecule has 0 spiro atoms. The van der Waals surface area contributed by atoms with E-state index in [1.54, 1.807) is 0 Å². The first kappa shape index (κ1) is 75.6. The van der Waals surface area contributed by atoms with E-state index < -0.39 is 192 Å². The lowest BCUT2D eigenvalue weighted by molar-refractivity contribution is -0.440. The predicted molar refractivity (Wildman–Crippen MR) is 167 cm³/mol. The van der Waals surface area contributed by atoms with E-state index in [4.69, 9.17) is 0 Å². The van der Waals surface area contributed by atoms with E-state index in [2.05, 4.69) is 18.4 Å². The number of rotatable bonds is 28. The van der Waals surface area contributed by atoms with Crippen molar-refractivity contribution in [1.82, 2.24) is 0 Å². The fourth-order valence-corrected chi connectivity index (χ4v) is 6.18. The van der Waals surface area contributed by atoms with E-state index in [0.29, 0.717) is 0 Å². The van der Waals surface area contributed by atoms with Crippen LogP contribution < -0.4 is 0 Å². The quantitative estimate of drug-likeness (QED) is 0.0326. The Labute approximate surface area is 412 Å². The molecule has 0 radical (unpaired) electrons. The maximum Gasteiger partial charge on any atom is 0.460 e. The van der Waals surface area contributed by atoms with Gasteiger partial charge in [0, 0.05) is 0 Å². The third kappa shape index (κ3) is 12.4. The van der Waals surface area contributed by atoms with Gasteiger partial charge in [-0.1, -0.05) is 0 Å². The van der Waals surface area contributed by atoms with Crippen LogP contribution in [0.4, 0.5) is 171 Å². The lowest BCUT2D eigenvalue weighted by Gasteiger charge is -2.39. The normalized spacial score (nSPS) is 16.6. The van der Waals surface area contributed by atoms with Crippen LogP contribution in [0, 0.1) is 5.92 Å². The molecule has 0 aromatic heterocycles. The predicted octanol–water partition coefficient (Wildman–Crippen LogP) is 12.4. The standard InChI is InChI=1S/C31H19F39O9S/c1-76-80(74,75)11(13(73)79-7-4-16(36,37)19(42,43)22(48,49)25(54,55)28(60,61)31(68,69)70)9(12(72)78-6-3-15(34,35)18(40,41)21(46,47)24(52,53)27(58,59)30(65,66)67)8-10(71)77-5-2-14(32,33)17(38,39)20(44,45)23(50,51)26(56,57)29(62,63)64/h9,11H,2-8H2,1H3. The first-order valence-electron chi connectivity index (χ1n) is 18.6. The molecule has 80 heavy (non-hydrogen) atoms. The van der Waals surface area contributed by atoms with E-state index in [1.807, 2.05) is 0 Å². The largest absolute Gasteiger partial charge is 0.465 e. The van der Waals surface area contributed by atoms with Gasteiger partial charge in [0.1, 0.15) is 0 Å². The number of hydrogen-bond acceptors (Lipinski definition) is 9. The summed E-state index contributed by atoms with van der Waals surface area (Å²) in [6, 6.07) is 0. The van der Waals surface area contributed by atoms with Crippen LogP contribution in [0.2, 0.25) is 0 Å². The smallest absolute Gasteiger partial charge is 0.460 e. The highest BCUT2D eigenvalue weighted by Crippen LogP contribution is 2.64. The van der Waals surface area contributed by atoms with E-state index in [1.165, 1.54) is 0 Å². The van der Waals surface area contributed by atoms with E-state index in [9.17, 15) is 194 Å². The summed E-state index contributed by atoms with van der Waals surface area (Å²) < 4.78 is 564. The maximum absolute atomic E-state index is 14.3. The number of hydrogen-bond donors (Lipinski definition) is 0. The van der Waals surface area contributed by atoms with Crippen molar-refractivity contribution < 1.29 is 212 Å². The summed E-state index contributed by atoms with van der Waals surface area (Å²) in [7, 11) is -7.11. The number of carbonyl (C=O) groups excluding carboxylic acids is 3. The first-order chi connectivity index (χ1) is 34.4. The topological polar surface area (TPSA) is 122 Å². The second-order valence-corrected chi connectivity index (χ2v) is 17.0. The molecule has 9 nitrogen and oxygen atoms in total. The van der Waals surface area contributed by atoms with Crippen molar-refractivity contribution in [2.24, 2.45) is 5.92 Å². The number of ether oxygens (including phenoxy) is 3. The number of carbonyl (C=O) groups is 3. The summed E-state index contributed by atoms with van der Waals surface area (Å²) in [5, 5.41) is -4.49. The zero-order valence-electron chi connectivity index (χ0n) is 36.4. The Morgan fingerprint density at radius 2 is 0.537 bits per heavy atom. The molecule has 0 bridgehead atoms. The van der Waals surface area contributed by atoms with Crippen LogP contribution in [-0.4, -0.2) is 166 Å². The maximum atomic E-state index is 14.3. The van der Waals surface area contributed by atoms with Crippen molar-refractivity contribution in [2.75, 3.05) is 26.9 Å². The minimum Gasteiger partial charge on any atom is -0.465 e. The van der Waals surface area contributed by atoms with Gasteiger partial charge in [0.2, 0.25) is 0 Å². The number of esters is 3. The van der Waals surface area contributed by atoms with Crippen LogP contribution >= 0.6 is 0 Å². The third-order valence-corrected chi connectivity index (χ3v) is 11.4. The molecule has 2 atom stereocenters. The summed E-state index contributed by atoms with van der Waals surface area (Å²) in [4.78, 5) is 38.0. The molecule has 0 heterocycles. The summed E-state index contributed by atoms with van der Waals surface area (Å²) in [6.07, 6.45) is -38.2. The summed E-state index contributed by atoms with van der Waals surface area (Å²) >= 11 is 0. The van der Waals surface area contributed by atoms with Crippen LogP contribution in [0.3, 0.4) is 0 Å². The van der Waals surface area contributed by atoms with Crippen LogP contribution in [0.15, 0.2) is 0 Å². The molecule has 0 N–H and O–H groups in total. The molecule has 0 aromatic carbocycles. The Morgan fingerprint density at radius 1 is 0.325 bits per heavy atom. The van der Waals surface area contributed by atoms with E-state index >= 15 is 0 Å². The Kier molecular flexibility index (Phi) is 20.8. The van der Waals surface area contributed by atoms with Crippen molar-refractivity contribution in [3.05, 3.63) is 0 Å². The molecule has 0 saturated heterocycles.